The largest absolute Gasteiger partial charge is 0.480 e. The van der Waals surface area contributed by atoms with Crippen molar-refractivity contribution in [2.24, 2.45) is 5.41 Å². The molecule has 19 heavy (non-hydrogen) atoms. The van der Waals surface area contributed by atoms with Gasteiger partial charge >= 0.3 is 5.97 Å². The van der Waals surface area contributed by atoms with E-state index in [4.69, 9.17) is 0 Å². The van der Waals surface area contributed by atoms with Crippen molar-refractivity contribution in [1.29, 1.82) is 0 Å². The summed E-state index contributed by atoms with van der Waals surface area (Å²) >= 11 is 0. The van der Waals surface area contributed by atoms with Crippen LogP contribution in [0.3, 0.4) is 0 Å². The Morgan fingerprint density at radius 2 is 1.84 bits per heavy atom. The normalized spacial score (nSPS) is 26.4. The van der Waals surface area contributed by atoms with E-state index in [1.165, 1.54) is 38.5 Å². The quantitative estimate of drug-likeness (QED) is 0.798. The van der Waals surface area contributed by atoms with Gasteiger partial charge < -0.3 is 5.11 Å². The van der Waals surface area contributed by atoms with Crippen LogP contribution in [-0.4, -0.2) is 22.7 Å². The minimum atomic E-state index is -0.737. The highest BCUT2D eigenvalue weighted by molar-refractivity contribution is 5.78. The third-order valence-electron chi connectivity index (χ3n) is 5.46. The molecule has 1 unspecified atom stereocenters. The van der Waals surface area contributed by atoms with Crippen LogP contribution in [-0.2, 0) is 4.79 Å². The molecule has 2 aliphatic rings. The summed E-state index contributed by atoms with van der Waals surface area (Å²) < 4.78 is 0. The summed E-state index contributed by atoms with van der Waals surface area (Å²) in [6.45, 7) is 3.90. The molecule has 0 aromatic rings. The first-order chi connectivity index (χ1) is 9.00. The van der Waals surface area contributed by atoms with Gasteiger partial charge in [-0.2, -0.15) is 0 Å². The number of nitrogens with one attached hydrogen (secondary N) is 1. The highest BCUT2D eigenvalue weighted by Crippen LogP contribution is 2.49. The van der Waals surface area contributed by atoms with Crippen LogP contribution in [0.2, 0.25) is 0 Å². The fourth-order valence-electron chi connectivity index (χ4n) is 4.19. The van der Waals surface area contributed by atoms with Gasteiger partial charge in [-0.15, -0.1) is 0 Å². The van der Waals surface area contributed by atoms with Crippen LogP contribution in [0, 0.1) is 5.41 Å². The van der Waals surface area contributed by atoms with E-state index in [0.717, 1.165) is 19.3 Å². The zero-order valence-electron chi connectivity index (χ0n) is 12.5. The molecule has 0 aliphatic heterocycles. The zero-order valence-corrected chi connectivity index (χ0v) is 12.5. The van der Waals surface area contributed by atoms with Gasteiger partial charge in [0.1, 0.15) is 5.54 Å². The molecule has 0 heterocycles. The minimum Gasteiger partial charge on any atom is -0.480 e. The van der Waals surface area contributed by atoms with Crippen LogP contribution in [0.25, 0.3) is 0 Å². The van der Waals surface area contributed by atoms with E-state index in [-0.39, 0.29) is 0 Å². The van der Waals surface area contributed by atoms with Crippen molar-refractivity contribution >= 4 is 5.97 Å². The lowest BCUT2D eigenvalue weighted by atomic mass is 9.71. The van der Waals surface area contributed by atoms with Crippen molar-refractivity contribution in [2.75, 3.05) is 0 Å². The van der Waals surface area contributed by atoms with Crippen LogP contribution in [0.5, 0.6) is 0 Å². The average Bonchev–Trinajstić information content (AvgIpc) is 2.81. The summed E-state index contributed by atoms with van der Waals surface area (Å²) in [5, 5.41) is 12.9. The van der Waals surface area contributed by atoms with Gasteiger partial charge in [-0.05, 0) is 57.3 Å². The van der Waals surface area contributed by atoms with Crippen molar-refractivity contribution in [3.8, 4) is 0 Å². The zero-order chi connectivity index (χ0) is 13.9. The number of carboxylic acid groups (broad SMARTS) is 1. The fourth-order valence-corrected chi connectivity index (χ4v) is 4.19. The molecule has 2 N–H and O–H groups in total. The Kier molecular flexibility index (Phi) is 4.54. The van der Waals surface area contributed by atoms with Gasteiger partial charge in [0.2, 0.25) is 0 Å². The third-order valence-corrected chi connectivity index (χ3v) is 5.46. The van der Waals surface area contributed by atoms with Crippen molar-refractivity contribution in [3.05, 3.63) is 0 Å². The van der Waals surface area contributed by atoms with Crippen molar-refractivity contribution in [3.63, 3.8) is 0 Å². The van der Waals surface area contributed by atoms with Gasteiger partial charge in [-0.25, -0.2) is 0 Å². The van der Waals surface area contributed by atoms with Crippen LogP contribution < -0.4 is 5.32 Å². The van der Waals surface area contributed by atoms with Crippen molar-refractivity contribution < 1.29 is 9.90 Å². The lowest BCUT2D eigenvalue weighted by molar-refractivity contribution is -0.145. The van der Waals surface area contributed by atoms with E-state index in [1.54, 1.807) is 0 Å². The summed E-state index contributed by atoms with van der Waals surface area (Å²) in [5.41, 5.74) is -0.109. The molecule has 3 heteroatoms. The number of hydrogen-bond acceptors (Lipinski definition) is 2. The highest BCUT2D eigenvalue weighted by atomic mass is 16.4. The molecule has 2 rings (SSSR count). The van der Waals surface area contributed by atoms with Crippen molar-refractivity contribution in [2.45, 2.75) is 89.6 Å². The van der Waals surface area contributed by atoms with Crippen LogP contribution in [0.4, 0.5) is 0 Å². The summed E-state index contributed by atoms with van der Waals surface area (Å²) in [4.78, 5) is 11.5. The number of rotatable bonds is 5. The third kappa shape index (κ3) is 3.31. The Morgan fingerprint density at radius 3 is 2.32 bits per heavy atom. The summed E-state index contributed by atoms with van der Waals surface area (Å²) in [6, 6.07) is 0.402. The van der Waals surface area contributed by atoms with E-state index in [2.05, 4.69) is 12.2 Å². The van der Waals surface area contributed by atoms with Gasteiger partial charge in [0.15, 0.2) is 0 Å². The molecular weight excluding hydrogens is 238 g/mol. The maximum atomic E-state index is 11.5. The first-order valence-electron chi connectivity index (χ1n) is 8.01. The fraction of sp³-hybridized carbons (Fsp3) is 0.938. The molecular formula is C16H29NO2. The lowest BCUT2D eigenvalue weighted by Gasteiger charge is -2.40. The maximum Gasteiger partial charge on any atom is 0.323 e. The van der Waals surface area contributed by atoms with Gasteiger partial charge in [-0.1, -0.05) is 26.2 Å². The molecule has 0 saturated heterocycles. The second kappa shape index (κ2) is 5.82. The Bertz CT molecular complexity index is 313. The Morgan fingerprint density at radius 1 is 1.26 bits per heavy atom. The first-order valence-corrected chi connectivity index (χ1v) is 8.01. The van der Waals surface area contributed by atoms with Crippen LogP contribution >= 0.6 is 0 Å². The van der Waals surface area contributed by atoms with Gasteiger partial charge in [0.05, 0.1) is 0 Å². The lowest BCUT2D eigenvalue weighted by Crippen LogP contribution is -2.55. The molecule has 0 aromatic carbocycles. The van der Waals surface area contributed by atoms with E-state index in [0.29, 0.717) is 17.9 Å². The predicted molar refractivity (Wildman–Crippen MR) is 77.2 cm³/mol. The summed E-state index contributed by atoms with van der Waals surface area (Å²) in [7, 11) is 0. The van der Waals surface area contributed by atoms with E-state index >= 15 is 0 Å². The first kappa shape index (κ1) is 14.8. The smallest absolute Gasteiger partial charge is 0.323 e. The van der Waals surface area contributed by atoms with Gasteiger partial charge in [0.25, 0.3) is 0 Å². The molecule has 0 radical (unpaired) electrons. The van der Waals surface area contributed by atoms with Gasteiger partial charge in [0, 0.05) is 6.04 Å². The average molecular weight is 267 g/mol. The topological polar surface area (TPSA) is 49.3 Å². The van der Waals surface area contributed by atoms with Crippen LogP contribution in [0.15, 0.2) is 0 Å². The molecule has 110 valence electrons. The maximum absolute atomic E-state index is 11.5. The molecule has 0 amide bonds. The Hall–Kier alpha value is -0.570. The standard InChI is InChI=1S/C16H29NO2/c1-3-8-15(2,14(18)19)17-13-6-11-16(12-7-13)9-4-5-10-16/h13,17H,3-12H2,1-2H3,(H,18,19). The number of hydrogen-bond donors (Lipinski definition) is 2. The molecule has 0 bridgehead atoms. The van der Waals surface area contributed by atoms with E-state index < -0.39 is 11.5 Å². The monoisotopic (exact) mass is 267 g/mol. The van der Waals surface area contributed by atoms with Gasteiger partial charge in [-0.3, -0.25) is 10.1 Å². The second-order valence-electron chi connectivity index (χ2n) is 7.01. The minimum absolute atomic E-state index is 0.402. The molecule has 0 aromatic heterocycles. The number of aliphatic carboxylic acids is 1. The highest BCUT2D eigenvalue weighted by Gasteiger charge is 2.40. The number of carbonyl (C=O) groups is 1. The molecule has 2 fully saturated rings. The number of carboxylic acids is 1. The molecule has 2 aliphatic carbocycles. The Labute approximate surface area is 117 Å². The molecule has 2 saturated carbocycles. The molecule has 1 spiro atoms. The Balaban J connectivity index is 1.88. The van der Waals surface area contributed by atoms with Crippen molar-refractivity contribution in [1.82, 2.24) is 5.32 Å². The summed E-state index contributed by atoms with van der Waals surface area (Å²) in [5.74, 6) is -0.699. The second-order valence-corrected chi connectivity index (χ2v) is 7.01. The van der Waals surface area contributed by atoms with E-state index in [1.807, 2.05) is 6.92 Å². The van der Waals surface area contributed by atoms with E-state index in [9.17, 15) is 9.90 Å². The molecule has 3 nitrogen and oxygen atoms in total. The predicted octanol–water partition coefficient (Wildman–Crippen LogP) is 3.72. The van der Waals surface area contributed by atoms with Crippen LogP contribution in [0.1, 0.15) is 78.1 Å². The summed E-state index contributed by atoms with van der Waals surface area (Å²) in [6.07, 6.45) is 12.2. The molecule has 1 atom stereocenters. The SMILES string of the molecule is CCCC(C)(NC1CCC2(CCCC2)CC1)C(=O)O.